The Morgan fingerprint density at radius 3 is 2.65 bits per heavy atom. The third-order valence-corrected chi connectivity index (χ3v) is 2.83. The minimum absolute atomic E-state index is 0.0636. The van der Waals surface area contributed by atoms with E-state index >= 15 is 0 Å². The Morgan fingerprint density at radius 1 is 1.24 bits per heavy atom. The summed E-state index contributed by atoms with van der Waals surface area (Å²) >= 11 is 0. The minimum Gasteiger partial charge on any atom is -0.386 e. The van der Waals surface area contributed by atoms with Crippen LogP contribution in [-0.4, -0.2) is 23.9 Å². The maximum atomic E-state index is 7.52. The molecule has 0 spiro atoms. The standard InChI is InChI=1S/C12H15N5/c13-11(14)6-17-10-5-4-7-8(10)2-1-3-9(7)12(15)16/h1-3H,4-6H2,(H3,13,14)(H3,15,16). The van der Waals surface area contributed by atoms with Crippen molar-refractivity contribution in [3.8, 4) is 0 Å². The summed E-state index contributed by atoms with van der Waals surface area (Å²) in [6.45, 7) is 0.235. The van der Waals surface area contributed by atoms with Crippen LogP contribution in [0.5, 0.6) is 0 Å². The lowest BCUT2D eigenvalue weighted by molar-refractivity contribution is 1.08. The number of nitrogens with zero attached hydrogens (tertiary/aromatic N) is 1. The molecule has 1 aliphatic carbocycles. The van der Waals surface area contributed by atoms with Gasteiger partial charge in [0.2, 0.25) is 0 Å². The second kappa shape index (κ2) is 4.37. The number of aliphatic imine (C=N–C) groups is 1. The van der Waals surface area contributed by atoms with Crippen LogP contribution in [0.25, 0.3) is 0 Å². The molecule has 2 rings (SSSR count). The normalized spacial score (nSPS) is 15.9. The number of nitrogens with two attached hydrogens (primary N) is 2. The number of hydrogen-bond donors (Lipinski definition) is 4. The van der Waals surface area contributed by atoms with Crippen LogP contribution < -0.4 is 11.5 Å². The van der Waals surface area contributed by atoms with E-state index in [0.29, 0.717) is 0 Å². The second-order valence-electron chi connectivity index (χ2n) is 4.03. The van der Waals surface area contributed by atoms with E-state index in [1.807, 2.05) is 18.2 Å². The average molecular weight is 229 g/mol. The van der Waals surface area contributed by atoms with Gasteiger partial charge in [-0.1, -0.05) is 18.2 Å². The monoisotopic (exact) mass is 229 g/mol. The second-order valence-corrected chi connectivity index (χ2v) is 4.03. The molecule has 0 aliphatic heterocycles. The van der Waals surface area contributed by atoms with E-state index < -0.39 is 0 Å². The first-order valence-corrected chi connectivity index (χ1v) is 5.42. The maximum absolute atomic E-state index is 7.52. The summed E-state index contributed by atoms with van der Waals surface area (Å²) in [5.41, 5.74) is 14.7. The van der Waals surface area contributed by atoms with Crippen molar-refractivity contribution in [1.82, 2.24) is 0 Å². The highest BCUT2D eigenvalue weighted by molar-refractivity contribution is 6.09. The van der Waals surface area contributed by atoms with Gasteiger partial charge in [-0.3, -0.25) is 15.8 Å². The van der Waals surface area contributed by atoms with E-state index in [0.717, 1.165) is 35.2 Å². The molecule has 88 valence electrons. The zero-order valence-electron chi connectivity index (χ0n) is 9.46. The minimum atomic E-state index is 0.0636. The van der Waals surface area contributed by atoms with Crippen molar-refractivity contribution in [3.63, 3.8) is 0 Å². The SMILES string of the molecule is N=C(N)CN=C1CCc2c(C(=N)N)cccc21. The van der Waals surface area contributed by atoms with Gasteiger partial charge < -0.3 is 11.5 Å². The van der Waals surface area contributed by atoms with Gasteiger partial charge in [0, 0.05) is 11.3 Å². The number of benzene rings is 1. The molecule has 5 heteroatoms. The Hall–Kier alpha value is -2.17. The molecule has 1 aromatic rings. The molecule has 0 fully saturated rings. The highest BCUT2D eigenvalue weighted by Crippen LogP contribution is 2.25. The van der Waals surface area contributed by atoms with Crippen molar-refractivity contribution >= 4 is 17.4 Å². The average Bonchev–Trinajstić information content (AvgIpc) is 2.68. The van der Waals surface area contributed by atoms with E-state index in [2.05, 4.69) is 4.99 Å². The lowest BCUT2D eigenvalue weighted by Crippen LogP contribution is -2.15. The van der Waals surface area contributed by atoms with Crippen LogP contribution in [-0.2, 0) is 6.42 Å². The summed E-state index contributed by atoms with van der Waals surface area (Å²) in [6, 6.07) is 5.72. The topological polar surface area (TPSA) is 112 Å². The third-order valence-electron chi connectivity index (χ3n) is 2.83. The quantitative estimate of drug-likeness (QED) is 0.450. The van der Waals surface area contributed by atoms with Crippen molar-refractivity contribution in [1.29, 1.82) is 10.8 Å². The molecule has 5 nitrogen and oxygen atoms in total. The number of rotatable bonds is 3. The van der Waals surface area contributed by atoms with Crippen molar-refractivity contribution in [2.24, 2.45) is 16.5 Å². The first-order valence-electron chi connectivity index (χ1n) is 5.42. The van der Waals surface area contributed by atoms with Gasteiger partial charge in [-0.2, -0.15) is 0 Å². The Balaban J connectivity index is 2.39. The van der Waals surface area contributed by atoms with Gasteiger partial charge in [-0.15, -0.1) is 0 Å². The molecule has 0 atom stereocenters. The van der Waals surface area contributed by atoms with Gasteiger partial charge >= 0.3 is 0 Å². The van der Waals surface area contributed by atoms with Crippen LogP contribution in [0.3, 0.4) is 0 Å². The number of nitrogen functional groups attached to an aromatic ring is 1. The van der Waals surface area contributed by atoms with Gasteiger partial charge in [-0.05, 0) is 24.0 Å². The molecule has 1 aliphatic rings. The zero-order valence-corrected chi connectivity index (χ0v) is 9.46. The molecule has 0 heterocycles. The lowest BCUT2D eigenvalue weighted by Gasteiger charge is -2.06. The van der Waals surface area contributed by atoms with Crippen LogP contribution in [0.2, 0.25) is 0 Å². The molecule has 0 amide bonds. The number of fused-ring (bicyclic) bond motifs is 1. The van der Waals surface area contributed by atoms with Crippen LogP contribution in [0, 0.1) is 10.8 Å². The Morgan fingerprint density at radius 2 is 2.00 bits per heavy atom. The van der Waals surface area contributed by atoms with Crippen molar-refractivity contribution in [3.05, 3.63) is 34.9 Å². The molecule has 0 saturated carbocycles. The van der Waals surface area contributed by atoms with Gasteiger partial charge in [0.05, 0.1) is 6.54 Å². The predicted octanol–water partition coefficient (Wildman–Crippen LogP) is 0.642. The fraction of sp³-hybridized carbons (Fsp3) is 0.250. The zero-order chi connectivity index (χ0) is 12.4. The highest BCUT2D eigenvalue weighted by atomic mass is 14.8. The maximum Gasteiger partial charge on any atom is 0.123 e. The Kier molecular flexibility index (Phi) is 2.91. The molecule has 17 heavy (non-hydrogen) atoms. The Bertz CT molecular complexity index is 516. The largest absolute Gasteiger partial charge is 0.386 e. The van der Waals surface area contributed by atoms with E-state index in [9.17, 15) is 0 Å². The molecular weight excluding hydrogens is 214 g/mol. The van der Waals surface area contributed by atoms with Crippen molar-refractivity contribution < 1.29 is 0 Å². The van der Waals surface area contributed by atoms with E-state index in [1.165, 1.54) is 0 Å². The smallest absolute Gasteiger partial charge is 0.123 e. The van der Waals surface area contributed by atoms with Gasteiger partial charge in [-0.25, -0.2) is 0 Å². The third kappa shape index (κ3) is 2.18. The van der Waals surface area contributed by atoms with Gasteiger partial charge in [0.1, 0.15) is 11.7 Å². The summed E-state index contributed by atoms with van der Waals surface area (Å²) in [6.07, 6.45) is 1.68. The molecule has 0 bridgehead atoms. The van der Waals surface area contributed by atoms with Crippen LogP contribution in [0.15, 0.2) is 23.2 Å². The molecular formula is C12H15N5. The fourth-order valence-corrected chi connectivity index (χ4v) is 2.10. The van der Waals surface area contributed by atoms with E-state index in [-0.39, 0.29) is 18.2 Å². The molecule has 0 radical (unpaired) electrons. The first-order chi connectivity index (χ1) is 8.09. The summed E-state index contributed by atoms with van der Waals surface area (Å²) in [5.74, 6) is 0.156. The van der Waals surface area contributed by atoms with Crippen molar-refractivity contribution in [2.45, 2.75) is 12.8 Å². The summed E-state index contributed by atoms with van der Waals surface area (Å²) in [5, 5.41) is 14.7. The number of nitrogens with one attached hydrogen (secondary N) is 2. The summed E-state index contributed by atoms with van der Waals surface area (Å²) < 4.78 is 0. The van der Waals surface area contributed by atoms with Gasteiger partial charge in [0.15, 0.2) is 0 Å². The highest BCUT2D eigenvalue weighted by Gasteiger charge is 2.20. The molecule has 1 aromatic carbocycles. The first kappa shape index (κ1) is 11.3. The number of hydrogen-bond acceptors (Lipinski definition) is 3. The van der Waals surface area contributed by atoms with Gasteiger partial charge in [0.25, 0.3) is 0 Å². The van der Waals surface area contributed by atoms with Crippen LogP contribution in [0.4, 0.5) is 0 Å². The molecule has 6 N–H and O–H groups in total. The lowest BCUT2D eigenvalue weighted by atomic mass is 10.0. The van der Waals surface area contributed by atoms with E-state index in [1.54, 1.807) is 0 Å². The molecule has 0 saturated heterocycles. The number of amidine groups is 2. The van der Waals surface area contributed by atoms with Crippen molar-refractivity contribution in [2.75, 3.05) is 6.54 Å². The van der Waals surface area contributed by atoms with Crippen LogP contribution >= 0.6 is 0 Å². The Labute approximate surface area is 99.6 Å². The van der Waals surface area contributed by atoms with E-state index in [4.69, 9.17) is 22.3 Å². The van der Waals surface area contributed by atoms with Crippen LogP contribution in [0.1, 0.15) is 23.1 Å². The molecule has 0 unspecified atom stereocenters. The summed E-state index contributed by atoms with van der Waals surface area (Å²) in [7, 11) is 0. The summed E-state index contributed by atoms with van der Waals surface area (Å²) in [4.78, 5) is 4.32. The molecule has 0 aromatic heterocycles. The predicted molar refractivity (Wildman–Crippen MR) is 69.1 cm³/mol. The fourth-order valence-electron chi connectivity index (χ4n) is 2.10.